The molecule has 0 heteroatoms. The summed E-state index contributed by atoms with van der Waals surface area (Å²) in [6, 6.07) is 5.20. The zero-order valence-corrected chi connectivity index (χ0v) is 20.2. The quantitative estimate of drug-likeness (QED) is 0.454. The minimum Gasteiger partial charge on any atom is -0.0651 e. The van der Waals surface area contributed by atoms with Crippen LogP contribution in [0.2, 0.25) is 0 Å². The van der Waals surface area contributed by atoms with Crippen LogP contribution >= 0.6 is 0 Å². The van der Waals surface area contributed by atoms with Crippen molar-refractivity contribution in [3.8, 4) is 0 Å². The minimum absolute atomic E-state index is 0.393. The number of hydrogen-bond donors (Lipinski definition) is 0. The summed E-state index contributed by atoms with van der Waals surface area (Å²) >= 11 is 0. The fourth-order valence-electron chi connectivity index (χ4n) is 7.70. The summed E-state index contributed by atoms with van der Waals surface area (Å²) in [6.07, 6.45) is 15.4. The monoisotopic (exact) mass is 394 g/mol. The second-order valence-electron chi connectivity index (χ2n) is 11.8. The van der Waals surface area contributed by atoms with Gasteiger partial charge in [-0.05, 0) is 108 Å². The molecule has 3 aliphatic carbocycles. The molecule has 0 spiro atoms. The molecule has 0 N–H and O–H groups in total. The van der Waals surface area contributed by atoms with E-state index in [2.05, 4.69) is 53.7 Å². The van der Waals surface area contributed by atoms with E-state index in [1.54, 1.807) is 22.3 Å². The first-order chi connectivity index (χ1) is 13.8. The van der Waals surface area contributed by atoms with Gasteiger partial charge in [0.2, 0.25) is 0 Å². The fourth-order valence-corrected chi connectivity index (χ4v) is 7.70. The Morgan fingerprint density at radius 1 is 0.897 bits per heavy atom. The van der Waals surface area contributed by atoms with Crippen molar-refractivity contribution in [2.45, 2.75) is 123 Å². The first-order valence-electron chi connectivity index (χ1n) is 13.0. The molecule has 0 aliphatic heterocycles. The Morgan fingerprint density at radius 3 is 2.34 bits per heavy atom. The van der Waals surface area contributed by atoms with Crippen molar-refractivity contribution in [3.63, 3.8) is 0 Å². The van der Waals surface area contributed by atoms with Gasteiger partial charge in [-0.1, -0.05) is 72.9 Å². The van der Waals surface area contributed by atoms with Crippen LogP contribution in [-0.2, 0) is 23.7 Å². The topological polar surface area (TPSA) is 0 Å². The van der Waals surface area contributed by atoms with Crippen LogP contribution in [0, 0.1) is 23.7 Å². The molecular formula is C29H46. The second kappa shape index (κ2) is 8.05. The van der Waals surface area contributed by atoms with Gasteiger partial charge in [0.15, 0.2) is 0 Å². The number of benzene rings is 1. The predicted octanol–water partition coefficient (Wildman–Crippen LogP) is 8.38. The van der Waals surface area contributed by atoms with E-state index in [-0.39, 0.29) is 0 Å². The van der Waals surface area contributed by atoms with E-state index in [1.165, 1.54) is 70.6 Å². The lowest BCUT2D eigenvalue weighted by Crippen LogP contribution is -2.40. The average Bonchev–Trinajstić information content (AvgIpc) is 3.06. The maximum atomic E-state index is 2.61. The van der Waals surface area contributed by atoms with Gasteiger partial charge in [-0.25, -0.2) is 0 Å². The van der Waals surface area contributed by atoms with E-state index in [0.717, 1.165) is 23.7 Å². The molecule has 29 heavy (non-hydrogen) atoms. The highest BCUT2D eigenvalue weighted by molar-refractivity contribution is 5.52. The first-order valence-corrected chi connectivity index (χ1v) is 13.0. The first kappa shape index (κ1) is 21.5. The van der Waals surface area contributed by atoms with Crippen molar-refractivity contribution in [3.05, 3.63) is 34.4 Å². The van der Waals surface area contributed by atoms with Crippen molar-refractivity contribution in [1.82, 2.24) is 0 Å². The third-order valence-corrected chi connectivity index (χ3v) is 10.2. The fraction of sp³-hybridized carbons (Fsp3) is 0.793. The molecule has 0 bridgehead atoms. The van der Waals surface area contributed by atoms with Crippen LogP contribution in [0.1, 0.15) is 122 Å². The normalized spacial score (nSPS) is 33.1. The van der Waals surface area contributed by atoms with Crippen LogP contribution in [0.3, 0.4) is 0 Å². The molecule has 1 saturated carbocycles. The zero-order valence-electron chi connectivity index (χ0n) is 20.2. The van der Waals surface area contributed by atoms with Gasteiger partial charge in [0.05, 0.1) is 0 Å². The van der Waals surface area contributed by atoms with Gasteiger partial charge < -0.3 is 0 Å². The molecule has 0 radical (unpaired) electrons. The van der Waals surface area contributed by atoms with Gasteiger partial charge >= 0.3 is 0 Å². The van der Waals surface area contributed by atoms with E-state index in [0.29, 0.717) is 10.8 Å². The van der Waals surface area contributed by atoms with Gasteiger partial charge in [0, 0.05) is 0 Å². The largest absolute Gasteiger partial charge is 0.0651 e. The second-order valence-corrected chi connectivity index (χ2v) is 11.8. The van der Waals surface area contributed by atoms with Crippen LogP contribution in [0.4, 0.5) is 0 Å². The van der Waals surface area contributed by atoms with Crippen molar-refractivity contribution in [2.24, 2.45) is 23.7 Å². The van der Waals surface area contributed by atoms with E-state index >= 15 is 0 Å². The minimum atomic E-state index is 0.393. The van der Waals surface area contributed by atoms with Crippen molar-refractivity contribution >= 4 is 0 Å². The highest BCUT2D eigenvalue weighted by Crippen LogP contribution is 2.54. The van der Waals surface area contributed by atoms with E-state index in [4.69, 9.17) is 0 Å². The molecule has 0 amide bonds. The maximum absolute atomic E-state index is 2.61. The lowest BCUT2D eigenvalue weighted by molar-refractivity contribution is 0.177. The van der Waals surface area contributed by atoms with Crippen LogP contribution in [-0.4, -0.2) is 0 Å². The highest BCUT2D eigenvalue weighted by Gasteiger charge is 2.46. The lowest BCUT2D eigenvalue weighted by Gasteiger charge is -2.47. The van der Waals surface area contributed by atoms with Crippen molar-refractivity contribution in [1.29, 1.82) is 0 Å². The SMILES string of the molecule is CCC(CCC(C)C1(C)CCc2c1ccc1c2CCC2CCCCC12C)C(C)C. The Morgan fingerprint density at radius 2 is 1.62 bits per heavy atom. The third kappa shape index (κ3) is 3.51. The molecule has 0 nitrogen and oxygen atoms in total. The summed E-state index contributed by atoms with van der Waals surface area (Å²) in [7, 11) is 0. The molecule has 1 fully saturated rings. The van der Waals surface area contributed by atoms with E-state index in [1.807, 2.05) is 0 Å². The number of rotatable bonds is 6. The van der Waals surface area contributed by atoms with Crippen LogP contribution in [0.25, 0.3) is 0 Å². The Hall–Kier alpha value is -0.780. The van der Waals surface area contributed by atoms with Gasteiger partial charge in [-0.15, -0.1) is 0 Å². The Bertz CT molecular complexity index is 728. The van der Waals surface area contributed by atoms with Gasteiger partial charge in [0.1, 0.15) is 0 Å². The van der Waals surface area contributed by atoms with Crippen LogP contribution in [0.15, 0.2) is 12.1 Å². The average molecular weight is 395 g/mol. The van der Waals surface area contributed by atoms with Gasteiger partial charge in [0.25, 0.3) is 0 Å². The van der Waals surface area contributed by atoms with Crippen molar-refractivity contribution in [2.75, 3.05) is 0 Å². The van der Waals surface area contributed by atoms with Gasteiger partial charge in [-0.2, -0.15) is 0 Å². The summed E-state index contributed by atoms with van der Waals surface area (Å²) < 4.78 is 0. The smallest absolute Gasteiger partial charge is 0.00437 e. The van der Waals surface area contributed by atoms with E-state index < -0.39 is 0 Å². The molecule has 5 atom stereocenters. The predicted molar refractivity (Wildman–Crippen MR) is 127 cm³/mol. The molecule has 1 aromatic rings. The summed E-state index contributed by atoms with van der Waals surface area (Å²) in [4.78, 5) is 0. The Balaban J connectivity index is 1.60. The summed E-state index contributed by atoms with van der Waals surface area (Å²) in [5.41, 5.74) is 7.95. The molecule has 0 heterocycles. The zero-order chi connectivity index (χ0) is 20.8. The van der Waals surface area contributed by atoms with Crippen LogP contribution in [0.5, 0.6) is 0 Å². The Kier molecular flexibility index (Phi) is 5.95. The number of hydrogen-bond acceptors (Lipinski definition) is 0. The van der Waals surface area contributed by atoms with Crippen LogP contribution < -0.4 is 0 Å². The molecule has 0 aromatic heterocycles. The third-order valence-electron chi connectivity index (χ3n) is 10.2. The molecule has 5 unspecified atom stereocenters. The summed E-state index contributed by atoms with van der Waals surface area (Å²) in [5.74, 6) is 3.45. The Labute approximate surface area is 181 Å². The molecule has 4 rings (SSSR count). The molecule has 0 saturated heterocycles. The molecular weight excluding hydrogens is 348 g/mol. The van der Waals surface area contributed by atoms with Crippen molar-refractivity contribution < 1.29 is 0 Å². The molecule has 3 aliphatic rings. The highest BCUT2D eigenvalue weighted by atomic mass is 14.5. The standard InChI is InChI=1S/C29H46/c1-7-22(20(2)3)12-11-21(4)28(5)19-17-25-24-14-13-23-10-8-9-18-29(23,6)27(24)16-15-26(25)28/h15-16,20-23H,7-14,17-19H2,1-6H3. The number of fused-ring (bicyclic) bond motifs is 5. The molecule has 162 valence electrons. The summed E-state index contributed by atoms with van der Waals surface area (Å²) in [5, 5.41) is 0. The van der Waals surface area contributed by atoms with E-state index in [9.17, 15) is 0 Å². The van der Waals surface area contributed by atoms with Gasteiger partial charge in [-0.3, -0.25) is 0 Å². The maximum Gasteiger partial charge on any atom is -0.00437 e. The molecule has 1 aromatic carbocycles. The summed E-state index contributed by atoms with van der Waals surface area (Å²) in [6.45, 7) is 15.0. The lowest BCUT2D eigenvalue weighted by atomic mass is 9.57.